The molecular formula is C11H27F. The lowest BCUT2D eigenvalue weighted by Gasteiger charge is -2.15. The van der Waals surface area contributed by atoms with E-state index in [9.17, 15) is 4.39 Å². The van der Waals surface area contributed by atoms with E-state index >= 15 is 0 Å². The van der Waals surface area contributed by atoms with Crippen LogP contribution in [-0.2, 0) is 0 Å². The standard InChI is InChI=1S/C7H15F.2C2H6/c1-4-6-7(3,8)5-2;2*1-2/h4-6H2,1-3H3;2*1-2H3. The van der Waals surface area contributed by atoms with Crippen LogP contribution in [0.2, 0.25) is 0 Å². The molecule has 0 aliphatic carbocycles. The lowest BCUT2D eigenvalue weighted by molar-refractivity contribution is 0.167. The van der Waals surface area contributed by atoms with Crippen molar-refractivity contribution in [2.24, 2.45) is 0 Å². The molecule has 0 saturated carbocycles. The predicted octanol–water partition coefficient (Wildman–Crippen LogP) is 4.98. The Hall–Kier alpha value is -0.0700. The van der Waals surface area contributed by atoms with Crippen LogP contribution in [0.1, 0.15) is 67.7 Å². The van der Waals surface area contributed by atoms with E-state index in [1.54, 1.807) is 6.92 Å². The maximum absolute atomic E-state index is 12.8. The van der Waals surface area contributed by atoms with E-state index in [1.165, 1.54) is 0 Å². The Morgan fingerprint density at radius 2 is 1.33 bits per heavy atom. The average molecular weight is 178 g/mol. The van der Waals surface area contributed by atoms with Crippen molar-refractivity contribution in [2.45, 2.75) is 73.4 Å². The summed E-state index contributed by atoms with van der Waals surface area (Å²) in [4.78, 5) is 0. The maximum Gasteiger partial charge on any atom is 0.108 e. The Bertz CT molecular complexity index is 58.0. The lowest BCUT2D eigenvalue weighted by atomic mass is 10.0. The third kappa shape index (κ3) is 16.5. The van der Waals surface area contributed by atoms with Gasteiger partial charge in [0.25, 0.3) is 0 Å². The minimum atomic E-state index is -0.908. The molecule has 0 fully saturated rings. The zero-order valence-electron chi connectivity index (χ0n) is 10.00. The Morgan fingerprint density at radius 1 is 1.00 bits per heavy atom. The lowest BCUT2D eigenvalue weighted by Crippen LogP contribution is -2.14. The Morgan fingerprint density at radius 3 is 1.42 bits per heavy atom. The third-order valence-electron chi connectivity index (χ3n) is 1.51. The van der Waals surface area contributed by atoms with Crippen LogP contribution in [0.5, 0.6) is 0 Å². The monoisotopic (exact) mass is 178 g/mol. The van der Waals surface area contributed by atoms with E-state index < -0.39 is 5.67 Å². The minimum absolute atomic E-state index is 0.640. The highest BCUT2D eigenvalue weighted by atomic mass is 19.1. The summed E-state index contributed by atoms with van der Waals surface area (Å²) in [5, 5.41) is 0. The van der Waals surface area contributed by atoms with Crippen molar-refractivity contribution in [2.75, 3.05) is 0 Å². The largest absolute Gasteiger partial charge is 0.244 e. The summed E-state index contributed by atoms with van der Waals surface area (Å²) in [6.45, 7) is 13.6. The van der Waals surface area contributed by atoms with Crippen molar-refractivity contribution in [3.05, 3.63) is 0 Å². The van der Waals surface area contributed by atoms with Crippen molar-refractivity contribution in [1.82, 2.24) is 0 Å². The summed E-state index contributed by atoms with van der Waals surface area (Å²) >= 11 is 0. The second-order valence-electron chi connectivity index (χ2n) is 2.52. The van der Waals surface area contributed by atoms with Gasteiger partial charge in [-0.1, -0.05) is 48.0 Å². The van der Waals surface area contributed by atoms with Crippen LogP contribution in [0.3, 0.4) is 0 Å². The van der Waals surface area contributed by atoms with Crippen LogP contribution in [-0.4, -0.2) is 5.67 Å². The van der Waals surface area contributed by atoms with Crippen molar-refractivity contribution < 1.29 is 4.39 Å². The highest BCUT2D eigenvalue weighted by Gasteiger charge is 2.17. The van der Waals surface area contributed by atoms with Gasteiger partial charge in [-0.3, -0.25) is 0 Å². The summed E-state index contributed by atoms with van der Waals surface area (Å²) in [5.74, 6) is 0. The molecule has 0 bridgehead atoms. The molecule has 0 aromatic carbocycles. The predicted molar refractivity (Wildman–Crippen MR) is 57.4 cm³/mol. The second-order valence-corrected chi connectivity index (χ2v) is 2.52. The smallest absolute Gasteiger partial charge is 0.108 e. The molecule has 12 heavy (non-hydrogen) atoms. The van der Waals surface area contributed by atoms with E-state index in [1.807, 2.05) is 41.5 Å². The molecule has 0 aliphatic heterocycles. The van der Waals surface area contributed by atoms with Crippen LogP contribution in [0.4, 0.5) is 4.39 Å². The molecule has 1 heteroatoms. The van der Waals surface area contributed by atoms with Gasteiger partial charge in [-0.05, 0) is 19.8 Å². The molecule has 0 radical (unpaired) electrons. The molecule has 0 rings (SSSR count). The van der Waals surface area contributed by atoms with E-state index in [4.69, 9.17) is 0 Å². The molecule has 0 heterocycles. The molecule has 0 amide bonds. The number of rotatable bonds is 3. The first-order valence-corrected chi connectivity index (χ1v) is 5.31. The van der Waals surface area contributed by atoms with Gasteiger partial charge in [0.1, 0.15) is 5.67 Å². The topological polar surface area (TPSA) is 0 Å². The first kappa shape index (κ1) is 17.9. The molecular weight excluding hydrogens is 151 g/mol. The van der Waals surface area contributed by atoms with Crippen molar-refractivity contribution in [3.8, 4) is 0 Å². The molecule has 0 saturated heterocycles. The van der Waals surface area contributed by atoms with E-state index in [-0.39, 0.29) is 0 Å². The maximum atomic E-state index is 12.8. The van der Waals surface area contributed by atoms with Crippen molar-refractivity contribution in [3.63, 3.8) is 0 Å². The van der Waals surface area contributed by atoms with Crippen molar-refractivity contribution >= 4 is 0 Å². The van der Waals surface area contributed by atoms with Crippen molar-refractivity contribution in [1.29, 1.82) is 0 Å². The van der Waals surface area contributed by atoms with E-state index in [0.717, 1.165) is 6.42 Å². The van der Waals surface area contributed by atoms with Crippen LogP contribution in [0.15, 0.2) is 0 Å². The highest BCUT2D eigenvalue weighted by Crippen LogP contribution is 2.20. The van der Waals surface area contributed by atoms with Gasteiger partial charge in [-0.15, -0.1) is 0 Å². The van der Waals surface area contributed by atoms with Gasteiger partial charge in [0.2, 0.25) is 0 Å². The number of hydrogen-bond acceptors (Lipinski definition) is 0. The number of halogens is 1. The first-order valence-electron chi connectivity index (χ1n) is 5.31. The zero-order chi connectivity index (χ0) is 10.6. The summed E-state index contributed by atoms with van der Waals surface area (Å²) < 4.78 is 12.8. The van der Waals surface area contributed by atoms with Crippen LogP contribution >= 0.6 is 0 Å². The van der Waals surface area contributed by atoms with Gasteiger partial charge in [0, 0.05) is 0 Å². The Labute approximate surface area is 78.6 Å². The third-order valence-corrected chi connectivity index (χ3v) is 1.51. The van der Waals surface area contributed by atoms with Gasteiger partial charge in [-0.25, -0.2) is 4.39 Å². The number of hydrogen-bond donors (Lipinski definition) is 0. The van der Waals surface area contributed by atoms with E-state index in [2.05, 4.69) is 0 Å². The summed E-state index contributed by atoms with van der Waals surface area (Å²) in [5.41, 5.74) is -0.908. The number of alkyl halides is 1. The van der Waals surface area contributed by atoms with Crippen LogP contribution in [0.25, 0.3) is 0 Å². The fourth-order valence-electron chi connectivity index (χ4n) is 0.698. The second kappa shape index (κ2) is 13.5. The summed E-state index contributed by atoms with van der Waals surface area (Å²) in [7, 11) is 0. The zero-order valence-corrected chi connectivity index (χ0v) is 10.00. The minimum Gasteiger partial charge on any atom is -0.244 e. The van der Waals surface area contributed by atoms with Gasteiger partial charge < -0.3 is 0 Å². The van der Waals surface area contributed by atoms with Crippen LogP contribution in [0, 0.1) is 0 Å². The molecule has 0 N–H and O–H groups in total. The Kier molecular flexibility index (Phi) is 20.1. The molecule has 1 unspecified atom stereocenters. The molecule has 0 nitrogen and oxygen atoms in total. The average Bonchev–Trinajstić information content (AvgIpc) is 2.12. The quantitative estimate of drug-likeness (QED) is 0.572. The molecule has 0 aliphatic rings. The SMILES string of the molecule is CC.CC.CCCC(C)(F)CC. The van der Waals surface area contributed by atoms with Gasteiger partial charge in [-0.2, -0.15) is 0 Å². The van der Waals surface area contributed by atoms with E-state index in [0.29, 0.717) is 12.8 Å². The fraction of sp³-hybridized carbons (Fsp3) is 1.00. The summed E-state index contributed by atoms with van der Waals surface area (Å²) in [6, 6.07) is 0. The molecule has 0 aromatic rings. The normalized spacial score (nSPS) is 13.0. The van der Waals surface area contributed by atoms with Crippen LogP contribution < -0.4 is 0 Å². The van der Waals surface area contributed by atoms with Gasteiger partial charge in [0.05, 0.1) is 0 Å². The summed E-state index contributed by atoms with van der Waals surface area (Å²) in [6.07, 6.45) is 2.28. The molecule has 0 aromatic heterocycles. The first-order chi connectivity index (χ1) is 5.62. The molecule has 1 atom stereocenters. The fourth-order valence-corrected chi connectivity index (χ4v) is 0.698. The highest BCUT2D eigenvalue weighted by molar-refractivity contribution is 4.68. The molecule has 78 valence electrons. The Balaban J connectivity index is -0.000000175. The van der Waals surface area contributed by atoms with Gasteiger partial charge >= 0.3 is 0 Å². The molecule has 0 spiro atoms. The van der Waals surface area contributed by atoms with Gasteiger partial charge in [0.15, 0.2) is 0 Å².